The van der Waals surface area contributed by atoms with E-state index in [1.807, 2.05) is 18.2 Å². The van der Waals surface area contributed by atoms with Gasteiger partial charge in [-0.05, 0) is 19.0 Å². The maximum absolute atomic E-state index is 5.61. The zero-order valence-electron chi connectivity index (χ0n) is 8.91. The molecule has 80 valence electrons. The minimum absolute atomic E-state index is 0.506. The van der Waals surface area contributed by atoms with Crippen molar-refractivity contribution in [3.05, 3.63) is 42.5 Å². The number of hydrogen-bond acceptors (Lipinski definition) is 2. The quantitative estimate of drug-likeness (QED) is 0.586. The van der Waals surface area contributed by atoms with Gasteiger partial charge in [0.05, 0.1) is 6.61 Å². The van der Waals surface area contributed by atoms with Crippen molar-refractivity contribution in [1.82, 2.24) is 5.32 Å². The van der Waals surface area contributed by atoms with Crippen LogP contribution >= 0.6 is 0 Å². The second kappa shape index (κ2) is 4.99. The Morgan fingerprint density at radius 1 is 1.47 bits per heavy atom. The average molecular weight is 203 g/mol. The minimum atomic E-state index is 0.506. The third kappa shape index (κ3) is 2.39. The van der Waals surface area contributed by atoms with Crippen LogP contribution in [0, 0.1) is 0 Å². The van der Waals surface area contributed by atoms with E-state index < -0.39 is 0 Å². The van der Waals surface area contributed by atoms with E-state index in [0.29, 0.717) is 5.92 Å². The van der Waals surface area contributed by atoms with Crippen molar-refractivity contribution in [3.8, 4) is 5.75 Å². The highest BCUT2D eigenvalue weighted by Gasteiger charge is 2.22. The fourth-order valence-electron chi connectivity index (χ4n) is 1.88. The van der Waals surface area contributed by atoms with Crippen LogP contribution in [0.3, 0.4) is 0 Å². The maximum atomic E-state index is 5.61. The van der Waals surface area contributed by atoms with E-state index in [2.05, 4.69) is 24.0 Å². The van der Waals surface area contributed by atoms with Crippen LogP contribution in [0.2, 0.25) is 0 Å². The molecule has 0 bridgehead atoms. The minimum Gasteiger partial charge on any atom is -0.493 e. The number of ether oxygens (including phenoxy) is 1. The molecule has 0 aliphatic carbocycles. The largest absolute Gasteiger partial charge is 0.493 e. The molecule has 1 heterocycles. The Kier molecular flexibility index (Phi) is 3.41. The van der Waals surface area contributed by atoms with E-state index in [-0.39, 0.29) is 0 Å². The van der Waals surface area contributed by atoms with E-state index in [9.17, 15) is 0 Å². The number of nitrogens with one attached hydrogen (secondary N) is 1. The molecule has 0 saturated heterocycles. The standard InChI is InChI=1S/C13H17NO/c1-2-3-8-14-9-11-10-15-13-7-5-4-6-12(11)13/h2,4-7,11,14H,1,3,8-10H2. The molecule has 0 fully saturated rings. The van der Waals surface area contributed by atoms with Gasteiger partial charge in [0.2, 0.25) is 0 Å². The van der Waals surface area contributed by atoms with Crippen molar-refractivity contribution < 1.29 is 4.74 Å². The molecule has 0 amide bonds. The molecule has 1 N–H and O–H groups in total. The summed E-state index contributed by atoms with van der Waals surface area (Å²) in [4.78, 5) is 0. The van der Waals surface area contributed by atoms with Gasteiger partial charge in [0.15, 0.2) is 0 Å². The van der Waals surface area contributed by atoms with Gasteiger partial charge in [-0.1, -0.05) is 24.3 Å². The second-order valence-electron chi connectivity index (χ2n) is 3.83. The highest BCUT2D eigenvalue weighted by molar-refractivity contribution is 5.39. The van der Waals surface area contributed by atoms with Crippen LogP contribution in [0.4, 0.5) is 0 Å². The molecular weight excluding hydrogens is 186 g/mol. The molecule has 0 saturated carbocycles. The monoisotopic (exact) mass is 203 g/mol. The summed E-state index contributed by atoms with van der Waals surface area (Å²) in [7, 11) is 0. The van der Waals surface area contributed by atoms with E-state index in [0.717, 1.165) is 31.9 Å². The highest BCUT2D eigenvalue weighted by atomic mass is 16.5. The average Bonchev–Trinajstić information content (AvgIpc) is 2.68. The molecule has 0 aromatic heterocycles. The van der Waals surface area contributed by atoms with Crippen LogP contribution in [0.5, 0.6) is 5.75 Å². The first-order chi connectivity index (χ1) is 7.42. The number of hydrogen-bond donors (Lipinski definition) is 1. The van der Waals surface area contributed by atoms with E-state index in [4.69, 9.17) is 4.74 Å². The van der Waals surface area contributed by atoms with Gasteiger partial charge in [0, 0.05) is 18.0 Å². The maximum Gasteiger partial charge on any atom is 0.122 e. The van der Waals surface area contributed by atoms with Gasteiger partial charge in [-0.3, -0.25) is 0 Å². The summed E-state index contributed by atoms with van der Waals surface area (Å²) in [5.74, 6) is 1.55. The molecule has 1 aliphatic heterocycles. The van der Waals surface area contributed by atoms with Gasteiger partial charge in [-0.25, -0.2) is 0 Å². The third-order valence-electron chi connectivity index (χ3n) is 2.71. The number of fused-ring (bicyclic) bond motifs is 1. The zero-order valence-corrected chi connectivity index (χ0v) is 8.91. The zero-order chi connectivity index (χ0) is 10.5. The lowest BCUT2D eigenvalue weighted by atomic mass is 10.0. The molecule has 1 atom stereocenters. The third-order valence-corrected chi connectivity index (χ3v) is 2.71. The lowest BCUT2D eigenvalue weighted by Gasteiger charge is -2.09. The summed E-state index contributed by atoms with van der Waals surface area (Å²) >= 11 is 0. The van der Waals surface area contributed by atoms with Crippen molar-refractivity contribution in [1.29, 1.82) is 0 Å². The number of rotatable bonds is 5. The Morgan fingerprint density at radius 3 is 3.20 bits per heavy atom. The topological polar surface area (TPSA) is 21.3 Å². The van der Waals surface area contributed by atoms with Gasteiger partial charge in [0.25, 0.3) is 0 Å². The first kappa shape index (κ1) is 10.2. The molecule has 1 unspecified atom stereocenters. The summed E-state index contributed by atoms with van der Waals surface area (Å²) in [6.45, 7) is 6.50. The molecule has 2 rings (SSSR count). The SMILES string of the molecule is C=CCCNCC1COc2ccccc21. The predicted octanol–water partition coefficient (Wildman–Crippen LogP) is 2.33. The van der Waals surface area contributed by atoms with Crippen molar-refractivity contribution in [3.63, 3.8) is 0 Å². The molecular formula is C13H17NO. The van der Waals surface area contributed by atoms with E-state index in [1.54, 1.807) is 0 Å². The lowest BCUT2D eigenvalue weighted by Crippen LogP contribution is -2.23. The predicted molar refractivity (Wildman–Crippen MR) is 62.4 cm³/mol. The molecule has 1 aliphatic rings. The molecule has 0 spiro atoms. The van der Waals surface area contributed by atoms with Crippen molar-refractivity contribution in [2.24, 2.45) is 0 Å². The van der Waals surface area contributed by atoms with Crippen LogP contribution in [0.25, 0.3) is 0 Å². The van der Waals surface area contributed by atoms with E-state index in [1.165, 1.54) is 5.56 Å². The Labute approximate surface area is 91.0 Å². The normalized spacial score (nSPS) is 18.3. The highest BCUT2D eigenvalue weighted by Crippen LogP contribution is 2.32. The van der Waals surface area contributed by atoms with Gasteiger partial charge in [-0.2, -0.15) is 0 Å². The van der Waals surface area contributed by atoms with Crippen LogP contribution in [-0.4, -0.2) is 19.7 Å². The molecule has 2 nitrogen and oxygen atoms in total. The summed E-state index contributed by atoms with van der Waals surface area (Å²) in [6, 6.07) is 8.29. The van der Waals surface area contributed by atoms with Crippen molar-refractivity contribution >= 4 is 0 Å². The lowest BCUT2D eigenvalue weighted by molar-refractivity contribution is 0.327. The Morgan fingerprint density at radius 2 is 2.33 bits per heavy atom. The van der Waals surface area contributed by atoms with Crippen LogP contribution in [0.15, 0.2) is 36.9 Å². The van der Waals surface area contributed by atoms with Crippen LogP contribution in [-0.2, 0) is 0 Å². The van der Waals surface area contributed by atoms with Crippen LogP contribution < -0.4 is 10.1 Å². The summed E-state index contributed by atoms with van der Waals surface area (Å²) < 4.78 is 5.61. The molecule has 1 aromatic rings. The number of para-hydroxylation sites is 1. The van der Waals surface area contributed by atoms with Crippen molar-refractivity contribution in [2.45, 2.75) is 12.3 Å². The smallest absolute Gasteiger partial charge is 0.122 e. The van der Waals surface area contributed by atoms with Crippen LogP contribution in [0.1, 0.15) is 17.9 Å². The summed E-state index contributed by atoms with van der Waals surface area (Å²) in [5.41, 5.74) is 1.34. The van der Waals surface area contributed by atoms with Crippen molar-refractivity contribution in [2.75, 3.05) is 19.7 Å². The molecule has 1 aromatic carbocycles. The first-order valence-electron chi connectivity index (χ1n) is 5.45. The molecule has 0 radical (unpaired) electrons. The fourth-order valence-corrected chi connectivity index (χ4v) is 1.88. The number of benzene rings is 1. The van der Waals surface area contributed by atoms with Gasteiger partial charge >= 0.3 is 0 Å². The Balaban J connectivity index is 1.88. The Bertz CT molecular complexity index is 335. The summed E-state index contributed by atoms with van der Waals surface area (Å²) in [6.07, 6.45) is 2.96. The van der Waals surface area contributed by atoms with Gasteiger partial charge < -0.3 is 10.1 Å². The summed E-state index contributed by atoms with van der Waals surface area (Å²) in [5, 5.41) is 3.42. The fraction of sp³-hybridized carbons (Fsp3) is 0.385. The van der Waals surface area contributed by atoms with Gasteiger partial charge in [-0.15, -0.1) is 6.58 Å². The van der Waals surface area contributed by atoms with Gasteiger partial charge in [0.1, 0.15) is 5.75 Å². The molecule has 2 heteroatoms. The second-order valence-corrected chi connectivity index (χ2v) is 3.83. The molecule has 15 heavy (non-hydrogen) atoms. The first-order valence-corrected chi connectivity index (χ1v) is 5.45. The Hall–Kier alpha value is -1.28. The van der Waals surface area contributed by atoms with E-state index >= 15 is 0 Å².